The maximum Gasteiger partial charge on any atom is 0.0671 e. The summed E-state index contributed by atoms with van der Waals surface area (Å²) in [5, 5.41) is 9.23. The number of ether oxygens (including phenoxy) is 1. The summed E-state index contributed by atoms with van der Waals surface area (Å²) in [6, 6.07) is 0. The molecule has 0 aliphatic heterocycles. The lowest BCUT2D eigenvalue weighted by atomic mass is 9.97. The van der Waals surface area contributed by atoms with E-state index >= 15 is 0 Å². The molecule has 0 spiro atoms. The van der Waals surface area contributed by atoms with E-state index in [1.54, 1.807) is 0 Å². The van der Waals surface area contributed by atoms with Gasteiger partial charge < -0.3 is 15.6 Å². The highest BCUT2D eigenvalue weighted by molar-refractivity contribution is 4.98. The van der Waals surface area contributed by atoms with Crippen LogP contribution >= 0.6 is 0 Å². The molecule has 3 N–H and O–H groups in total. The summed E-state index contributed by atoms with van der Waals surface area (Å²) in [6.45, 7) is 3.54. The fourth-order valence-corrected chi connectivity index (χ4v) is 1.84. The Balaban J connectivity index is 2.02. The van der Waals surface area contributed by atoms with E-state index in [1.807, 2.05) is 0 Å². The van der Waals surface area contributed by atoms with Crippen molar-refractivity contribution in [1.29, 1.82) is 0 Å². The van der Waals surface area contributed by atoms with Gasteiger partial charge in [0.15, 0.2) is 0 Å². The van der Waals surface area contributed by atoms with Gasteiger partial charge in [-0.05, 0) is 25.2 Å². The van der Waals surface area contributed by atoms with Gasteiger partial charge in [0, 0.05) is 6.61 Å². The zero-order valence-electron chi connectivity index (χ0n) is 9.87. The van der Waals surface area contributed by atoms with Gasteiger partial charge in [0.25, 0.3) is 0 Å². The van der Waals surface area contributed by atoms with Gasteiger partial charge >= 0.3 is 0 Å². The number of aliphatic hydroxyl groups excluding tert-OH is 1. The average Bonchev–Trinajstić information content (AvgIpc) is 3.07. The molecule has 3 nitrogen and oxygen atoms in total. The molecule has 0 radical (unpaired) electrons. The normalized spacial score (nSPS) is 20.2. The van der Waals surface area contributed by atoms with Crippen LogP contribution in [0.5, 0.6) is 0 Å². The molecule has 15 heavy (non-hydrogen) atoms. The van der Waals surface area contributed by atoms with Crippen molar-refractivity contribution in [1.82, 2.24) is 0 Å². The van der Waals surface area contributed by atoms with Gasteiger partial charge in [0.1, 0.15) is 0 Å². The summed E-state index contributed by atoms with van der Waals surface area (Å²) in [5.41, 5.74) is 5.60. The van der Waals surface area contributed by atoms with Gasteiger partial charge in [-0.15, -0.1) is 0 Å². The Bertz CT molecular complexity index is 171. The van der Waals surface area contributed by atoms with Crippen molar-refractivity contribution in [3.63, 3.8) is 0 Å². The van der Waals surface area contributed by atoms with E-state index < -0.39 is 5.54 Å². The minimum atomic E-state index is -0.468. The lowest BCUT2D eigenvalue weighted by Gasteiger charge is -2.26. The molecule has 0 aromatic carbocycles. The Hall–Kier alpha value is -0.120. The molecule has 0 saturated heterocycles. The highest BCUT2D eigenvalue weighted by atomic mass is 16.5. The number of unbranched alkanes of at least 4 members (excludes halogenated alkanes) is 3. The molecule has 0 aromatic rings. The molecule has 1 aliphatic carbocycles. The molecule has 0 heterocycles. The number of rotatable bonds is 9. The Morgan fingerprint density at radius 2 is 2.07 bits per heavy atom. The predicted molar refractivity (Wildman–Crippen MR) is 61.7 cm³/mol. The van der Waals surface area contributed by atoms with Crippen molar-refractivity contribution in [2.24, 2.45) is 11.7 Å². The van der Waals surface area contributed by atoms with Crippen LogP contribution in [0.4, 0.5) is 0 Å². The first-order valence-corrected chi connectivity index (χ1v) is 6.20. The Morgan fingerprint density at radius 3 is 2.60 bits per heavy atom. The highest BCUT2D eigenvalue weighted by Crippen LogP contribution is 2.38. The molecule has 1 aliphatic rings. The minimum Gasteiger partial charge on any atom is -0.394 e. The molecule has 1 saturated carbocycles. The first-order chi connectivity index (χ1) is 7.23. The summed E-state index contributed by atoms with van der Waals surface area (Å²) in [4.78, 5) is 0. The van der Waals surface area contributed by atoms with E-state index in [1.165, 1.54) is 19.3 Å². The standard InChI is InChI=1S/C12H25NO2/c1-2-3-4-5-8-15-10-12(13,9-14)11-6-7-11/h11,14H,2-10,13H2,1H3. The monoisotopic (exact) mass is 215 g/mol. The van der Waals surface area contributed by atoms with Crippen LogP contribution < -0.4 is 5.73 Å². The third kappa shape index (κ3) is 4.49. The molecule has 1 unspecified atom stereocenters. The van der Waals surface area contributed by atoms with Crippen LogP contribution in [0, 0.1) is 5.92 Å². The number of nitrogens with two attached hydrogens (primary N) is 1. The van der Waals surface area contributed by atoms with Crippen LogP contribution in [0.3, 0.4) is 0 Å². The Labute approximate surface area is 93.0 Å². The lowest BCUT2D eigenvalue weighted by Crippen LogP contribution is -2.50. The van der Waals surface area contributed by atoms with Gasteiger partial charge in [-0.1, -0.05) is 26.2 Å². The van der Waals surface area contributed by atoms with Crippen LogP contribution in [0.25, 0.3) is 0 Å². The van der Waals surface area contributed by atoms with Crippen molar-refractivity contribution in [2.45, 2.75) is 51.0 Å². The molecule has 3 heteroatoms. The molecule has 0 aromatic heterocycles. The largest absolute Gasteiger partial charge is 0.394 e. The zero-order chi connectivity index (χ0) is 11.1. The van der Waals surface area contributed by atoms with E-state index in [0.717, 1.165) is 25.9 Å². The van der Waals surface area contributed by atoms with Crippen molar-refractivity contribution < 1.29 is 9.84 Å². The van der Waals surface area contributed by atoms with Gasteiger partial charge in [-0.3, -0.25) is 0 Å². The molecular weight excluding hydrogens is 190 g/mol. The van der Waals surface area contributed by atoms with E-state index in [2.05, 4.69) is 6.92 Å². The fraction of sp³-hybridized carbons (Fsp3) is 1.00. The van der Waals surface area contributed by atoms with Gasteiger partial charge in [-0.25, -0.2) is 0 Å². The molecule has 1 atom stereocenters. The van der Waals surface area contributed by atoms with Crippen LogP contribution in [0.15, 0.2) is 0 Å². The second-order valence-electron chi connectivity index (χ2n) is 4.78. The van der Waals surface area contributed by atoms with Crippen molar-refractivity contribution in [2.75, 3.05) is 19.8 Å². The molecule has 1 rings (SSSR count). The quantitative estimate of drug-likeness (QED) is 0.575. The maximum atomic E-state index is 9.23. The predicted octanol–water partition coefficient (Wildman–Crippen LogP) is 1.68. The van der Waals surface area contributed by atoms with Crippen molar-refractivity contribution in [3.8, 4) is 0 Å². The first kappa shape index (κ1) is 12.9. The maximum absolute atomic E-state index is 9.23. The van der Waals surface area contributed by atoms with Gasteiger partial charge in [-0.2, -0.15) is 0 Å². The molecule has 0 bridgehead atoms. The third-order valence-corrected chi connectivity index (χ3v) is 3.20. The fourth-order valence-electron chi connectivity index (χ4n) is 1.84. The van der Waals surface area contributed by atoms with Gasteiger partial charge in [0.2, 0.25) is 0 Å². The SMILES string of the molecule is CCCCCCOCC(N)(CO)C1CC1. The number of hydrogen-bond acceptors (Lipinski definition) is 3. The molecular formula is C12H25NO2. The van der Waals surface area contributed by atoms with Crippen LogP contribution in [-0.2, 0) is 4.74 Å². The van der Waals surface area contributed by atoms with E-state index in [0.29, 0.717) is 12.5 Å². The number of hydrogen-bond donors (Lipinski definition) is 2. The van der Waals surface area contributed by atoms with Crippen LogP contribution in [0.1, 0.15) is 45.4 Å². The Kier molecular flexibility index (Phi) is 5.58. The summed E-state index contributed by atoms with van der Waals surface area (Å²) in [5.74, 6) is 0.484. The van der Waals surface area contributed by atoms with Gasteiger partial charge in [0.05, 0.1) is 18.8 Å². The highest BCUT2D eigenvalue weighted by Gasteiger charge is 2.41. The van der Waals surface area contributed by atoms with Crippen LogP contribution in [0.2, 0.25) is 0 Å². The van der Waals surface area contributed by atoms with E-state index in [-0.39, 0.29) is 6.61 Å². The Morgan fingerprint density at radius 1 is 1.33 bits per heavy atom. The second-order valence-corrected chi connectivity index (χ2v) is 4.78. The zero-order valence-corrected chi connectivity index (χ0v) is 9.87. The summed E-state index contributed by atoms with van der Waals surface area (Å²) < 4.78 is 5.55. The third-order valence-electron chi connectivity index (χ3n) is 3.20. The van der Waals surface area contributed by atoms with Crippen molar-refractivity contribution >= 4 is 0 Å². The van der Waals surface area contributed by atoms with Crippen LogP contribution in [-0.4, -0.2) is 30.5 Å². The number of aliphatic hydroxyl groups is 1. The summed E-state index contributed by atoms with van der Waals surface area (Å²) in [7, 11) is 0. The average molecular weight is 215 g/mol. The topological polar surface area (TPSA) is 55.5 Å². The van der Waals surface area contributed by atoms with Crippen molar-refractivity contribution in [3.05, 3.63) is 0 Å². The molecule has 1 fully saturated rings. The molecule has 90 valence electrons. The summed E-state index contributed by atoms with van der Waals surface area (Å²) >= 11 is 0. The lowest BCUT2D eigenvalue weighted by molar-refractivity contribution is 0.0428. The van der Waals surface area contributed by atoms with E-state index in [9.17, 15) is 5.11 Å². The summed E-state index contributed by atoms with van der Waals surface area (Å²) in [6.07, 6.45) is 7.17. The minimum absolute atomic E-state index is 0.0482. The smallest absolute Gasteiger partial charge is 0.0671 e. The second kappa shape index (κ2) is 6.46. The van der Waals surface area contributed by atoms with E-state index in [4.69, 9.17) is 10.5 Å². The molecule has 0 amide bonds. The first-order valence-electron chi connectivity index (χ1n) is 6.20.